The highest BCUT2D eigenvalue weighted by molar-refractivity contribution is 5.78. The van der Waals surface area contributed by atoms with Crippen molar-refractivity contribution >= 4 is 5.91 Å². The average molecular weight is 211 g/mol. The first-order valence-electron chi connectivity index (χ1n) is 6.31. The van der Waals surface area contributed by atoms with Gasteiger partial charge >= 0.3 is 0 Å². The van der Waals surface area contributed by atoms with Crippen LogP contribution in [0, 0.1) is 17.8 Å². The molecule has 88 valence electrons. The minimum Gasteiger partial charge on any atom is -0.353 e. The van der Waals surface area contributed by atoms with Crippen molar-refractivity contribution in [3.8, 4) is 0 Å². The summed E-state index contributed by atoms with van der Waals surface area (Å²) in [7, 11) is 0. The maximum atomic E-state index is 11.6. The molecular weight excluding hydrogens is 186 g/mol. The Kier molecular flexibility index (Phi) is 4.62. The first-order valence-corrected chi connectivity index (χ1v) is 6.31. The van der Waals surface area contributed by atoms with Crippen LogP contribution in [-0.4, -0.2) is 11.9 Å². The molecule has 2 unspecified atom stereocenters. The van der Waals surface area contributed by atoms with Crippen LogP contribution in [0.25, 0.3) is 0 Å². The van der Waals surface area contributed by atoms with E-state index in [0.717, 1.165) is 11.8 Å². The zero-order chi connectivity index (χ0) is 11.4. The Balaban J connectivity index is 2.39. The first kappa shape index (κ1) is 12.5. The van der Waals surface area contributed by atoms with Crippen molar-refractivity contribution in [3.05, 3.63) is 0 Å². The minimum atomic E-state index is 0.115. The number of carbonyl (C=O) groups is 1. The van der Waals surface area contributed by atoms with Gasteiger partial charge in [-0.15, -0.1) is 0 Å². The summed E-state index contributed by atoms with van der Waals surface area (Å²) in [5.74, 6) is 1.88. The van der Waals surface area contributed by atoms with E-state index >= 15 is 0 Å². The molecular formula is C13H25NO. The lowest BCUT2D eigenvalue weighted by Crippen LogP contribution is -2.41. The zero-order valence-corrected chi connectivity index (χ0v) is 10.5. The van der Waals surface area contributed by atoms with E-state index in [1.165, 1.54) is 25.7 Å². The second-order valence-corrected chi connectivity index (χ2v) is 5.53. The molecule has 0 aliphatic heterocycles. The Labute approximate surface area is 93.8 Å². The van der Waals surface area contributed by atoms with Gasteiger partial charge in [-0.1, -0.05) is 40.5 Å². The molecule has 2 nitrogen and oxygen atoms in total. The topological polar surface area (TPSA) is 29.1 Å². The highest BCUT2D eigenvalue weighted by atomic mass is 16.1. The summed E-state index contributed by atoms with van der Waals surface area (Å²) in [5, 5.41) is 3.16. The summed E-state index contributed by atoms with van der Waals surface area (Å²) in [4.78, 5) is 11.6. The van der Waals surface area contributed by atoms with Gasteiger partial charge in [-0.05, 0) is 24.7 Å². The normalized spacial score (nSPS) is 27.1. The Bertz CT molecular complexity index is 211. The maximum Gasteiger partial charge on any atom is 0.222 e. The van der Waals surface area contributed by atoms with E-state index < -0.39 is 0 Å². The summed E-state index contributed by atoms with van der Waals surface area (Å²) in [6, 6.07) is 0.432. The Morgan fingerprint density at radius 2 is 1.87 bits per heavy atom. The van der Waals surface area contributed by atoms with Gasteiger partial charge in [-0.25, -0.2) is 0 Å². The van der Waals surface area contributed by atoms with Gasteiger partial charge < -0.3 is 5.32 Å². The Morgan fingerprint density at radius 1 is 1.20 bits per heavy atom. The van der Waals surface area contributed by atoms with Crippen LogP contribution < -0.4 is 5.32 Å². The molecule has 0 bridgehead atoms. The van der Waals surface area contributed by atoms with E-state index in [1.54, 1.807) is 0 Å². The molecule has 0 aromatic rings. The number of amides is 1. The standard InChI is InChI=1S/C13H25NO/c1-9(2)11-6-5-7-12(8-11)14-13(15)10(3)4/h9-12H,5-8H2,1-4H3,(H,14,15). The van der Waals surface area contributed by atoms with Crippen LogP contribution in [-0.2, 0) is 4.79 Å². The van der Waals surface area contributed by atoms with Gasteiger partial charge in [0.2, 0.25) is 5.91 Å². The average Bonchev–Trinajstić information content (AvgIpc) is 2.18. The van der Waals surface area contributed by atoms with Gasteiger partial charge in [-0.2, -0.15) is 0 Å². The van der Waals surface area contributed by atoms with Crippen LogP contribution in [0.1, 0.15) is 53.4 Å². The summed E-state index contributed by atoms with van der Waals surface area (Å²) < 4.78 is 0. The van der Waals surface area contributed by atoms with Gasteiger partial charge in [0, 0.05) is 12.0 Å². The van der Waals surface area contributed by atoms with E-state index in [2.05, 4.69) is 19.2 Å². The van der Waals surface area contributed by atoms with Crippen LogP contribution in [0.4, 0.5) is 0 Å². The minimum absolute atomic E-state index is 0.115. The zero-order valence-electron chi connectivity index (χ0n) is 10.5. The summed E-state index contributed by atoms with van der Waals surface area (Å²) in [5.41, 5.74) is 0. The van der Waals surface area contributed by atoms with Crippen molar-refractivity contribution < 1.29 is 4.79 Å². The lowest BCUT2D eigenvalue weighted by molar-refractivity contribution is -0.125. The first-order chi connectivity index (χ1) is 7.00. The molecule has 1 fully saturated rings. The third-order valence-electron chi connectivity index (χ3n) is 3.53. The number of rotatable bonds is 3. The predicted octanol–water partition coefficient (Wildman–Crippen LogP) is 2.97. The smallest absolute Gasteiger partial charge is 0.222 e. The summed E-state index contributed by atoms with van der Waals surface area (Å²) in [6.45, 7) is 8.49. The van der Waals surface area contributed by atoms with Gasteiger partial charge in [0.15, 0.2) is 0 Å². The molecule has 0 spiro atoms. The van der Waals surface area contributed by atoms with Crippen LogP contribution in [0.5, 0.6) is 0 Å². The maximum absolute atomic E-state index is 11.6. The second-order valence-electron chi connectivity index (χ2n) is 5.53. The van der Waals surface area contributed by atoms with Crippen LogP contribution in [0.3, 0.4) is 0 Å². The highest BCUT2D eigenvalue weighted by Gasteiger charge is 2.25. The van der Waals surface area contributed by atoms with Crippen molar-refractivity contribution in [1.29, 1.82) is 0 Å². The quantitative estimate of drug-likeness (QED) is 0.764. The molecule has 1 aliphatic rings. The number of nitrogens with one attached hydrogen (secondary N) is 1. The van der Waals surface area contributed by atoms with E-state index in [0.29, 0.717) is 6.04 Å². The lowest BCUT2D eigenvalue weighted by atomic mass is 9.79. The molecule has 0 heterocycles. The molecule has 2 atom stereocenters. The van der Waals surface area contributed by atoms with Crippen LogP contribution in [0.15, 0.2) is 0 Å². The van der Waals surface area contributed by atoms with E-state index in [4.69, 9.17) is 0 Å². The lowest BCUT2D eigenvalue weighted by Gasteiger charge is -2.32. The molecule has 0 aromatic heterocycles. The predicted molar refractivity (Wildman–Crippen MR) is 63.6 cm³/mol. The number of hydrogen-bond donors (Lipinski definition) is 1. The van der Waals surface area contributed by atoms with Crippen molar-refractivity contribution in [2.24, 2.45) is 17.8 Å². The van der Waals surface area contributed by atoms with Crippen molar-refractivity contribution in [3.63, 3.8) is 0 Å². The summed E-state index contributed by atoms with van der Waals surface area (Å²) >= 11 is 0. The third kappa shape index (κ3) is 3.84. The largest absolute Gasteiger partial charge is 0.353 e. The molecule has 0 saturated heterocycles. The van der Waals surface area contributed by atoms with E-state index in [9.17, 15) is 4.79 Å². The fraction of sp³-hybridized carbons (Fsp3) is 0.923. The van der Waals surface area contributed by atoms with Crippen LogP contribution >= 0.6 is 0 Å². The molecule has 1 saturated carbocycles. The van der Waals surface area contributed by atoms with Crippen molar-refractivity contribution in [2.45, 2.75) is 59.4 Å². The number of carbonyl (C=O) groups excluding carboxylic acids is 1. The molecule has 1 amide bonds. The monoisotopic (exact) mass is 211 g/mol. The molecule has 0 aromatic carbocycles. The van der Waals surface area contributed by atoms with E-state index in [1.807, 2.05) is 13.8 Å². The summed E-state index contributed by atoms with van der Waals surface area (Å²) in [6.07, 6.45) is 4.95. The fourth-order valence-electron chi connectivity index (χ4n) is 2.33. The SMILES string of the molecule is CC(C)C(=O)NC1CCCC(C(C)C)C1. The van der Waals surface area contributed by atoms with Gasteiger partial charge in [0.25, 0.3) is 0 Å². The molecule has 1 N–H and O–H groups in total. The van der Waals surface area contributed by atoms with Crippen molar-refractivity contribution in [1.82, 2.24) is 5.32 Å². The molecule has 2 heteroatoms. The van der Waals surface area contributed by atoms with E-state index in [-0.39, 0.29) is 11.8 Å². The molecule has 1 rings (SSSR count). The Hall–Kier alpha value is -0.530. The van der Waals surface area contributed by atoms with Gasteiger partial charge in [-0.3, -0.25) is 4.79 Å². The van der Waals surface area contributed by atoms with Gasteiger partial charge in [0.05, 0.1) is 0 Å². The Morgan fingerprint density at radius 3 is 2.40 bits per heavy atom. The van der Waals surface area contributed by atoms with Crippen molar-refractivity contribution in [2.75, 3.05) is 0 Å². The van der Waals surface area contributed by atoms with Gasteiger partial charge in [0.1, 0.15) is 0 Å². The second kappa shape index (κ2) is 5.53. The third-order valence-corrected chi connectivity index (χ3v) is 3.53. The fourth-order valence-corrected chi connectivity index (χ4v) is 2.33. The molecule has 0 radical (unpaired) electrons. The van der Waals surface area contributed by atoms with Crippen LogP contribution in [0.2, 0.25) is 0 Å². The number of hydrogen-bond acceptors (Lipinski definition) is 1. The highest BCUT2D eigenvalue weighted by Crippen LogP contribution is 2.29. The molecule has 15 heavy (non-hydrogen) atoms. The molecule has 1 aliphatic carbocycles.